The molecule has 1 saturated heterocycles. The van der Waals surface area contributed by atoms with E-state index in [4.69, 9.17) is 15.2 Å². The molecule has 2 N–H and O–H groups in total. The molecule has 0 aliphatic carbocycles. The van der Waals surface area contributed by atoms with Crippen molar-refractivity contribution in [2.24, 2.45) is 5.92 Å². The molecule has 0 saturated carbocycles. The molecule has 3 aromatic rings. The summed E-state index contributed by atoms with van der Waals surface area (Å²) in [6.45, 7) is 2.97. The summed E-state index contributed by atoms with van der Waals surface area (Å²) in [7, 11) is 0. The van der Waals surface area contributed by atoms with E-state index in [0.717, 1.165) is 12.0 Å². The fourth-order valence-electron chi connectivity index (χ4n) is 3.71. The van der Waals surface area contributed by atoms with E-state index in [1.807, 2.05) is 49.4 Å². The SMILES string of the molecule is CC1CC(COCc2ccccc2)OC1(C#N)c1ccc2c(N)ncnn12. The Bertz CT molecular complexity index is 981. The van der Waals surface area contributed by atoms with Gasteiger partial charge in [0.05, 0.1) is 25.0 Å². The molecule has 0 radical (unpaired) electrons. The second-order valence-corrected chi connectivity index (χ2v) is 6.89. The maximum Gasteiger partial charge on any atom is 0.199 e. The summed E-state index contributed by atoms with van der Waals surface area (Å²) >= 11 is 0. The first-order valence-electron chi connectivity index (χ1n) is 8.93. The number of aromatic nitrogens is 3. The van der Waals surface area contributed by atoms with Gasteiger partial charge in [-0.3, -0.25) is 0 Å². The second-order valence-electron chi connectivity index (χ2n) is 6.89. The molecule has 1 aliphatic heterocycles. The largest absolute Gasteiger partial charge is 0.382 e. The Kier molecular flexibility index (Phi) is 4.52. The zero-order valence-electron chi connectivity index (χ0n) is 15.1. The highest BCUT2D eigenvalue weighted by Gasteiger charge is 2.50. The molecule has 2 aromatic heterocycles. The molecule has 0 bridgehead atoms. The van der Waals surface area contributed by atoms with Gasteiger partial charge in [0.15, 0.2) is 11.4 Å². The van der Waals surface area contributed by atoms with Crippen LogP contribution in [0.25, 0.3) is 5.52 Å². The number of anilines is 1. The molecule has 138 valence electrons. The van der Waals surface area contributed by atoms with Gasteiger partial charge >= 0.3 is 0 Å². The van der Waals surface area contributed by atoms with Crippen LogP contribution in [0.15, 0.2) is 48.8 Å². The van der Waals surface area contributed by atoms with Crippen molar-refractivity contribution in [2.45, 2.75) is 31.7 Å². The normalized spacial score (nSPS) is 24.9. The van der Waals surface area contributed by atoms with E-state index in [-0.39, 0.29) is 12.0 Å². The van der Waals surface area contributed by atoms with E-state index < -0.39 is 5.60 Å². The van der Waals surface area contributed by atoms with E-state index in [0.29, 0.717) is 30.2 Å². The van der Waals surface area contributed by atoms with Crippen molar-refractivity contribution in [3.63, 3.8) is 0 Å². The number of nitriles is 1. The predicted octanol–water partition coefficient (Wildman–Crippen LogP) is 2.67. The molecule has 0 spiro atoms. The molecule has 0 amide bonds. The minimum absolute atomic E-state index is 0.0119. The molecule has 7 nitrogen and oxygen atoms in total. The topological polar surface area (TPSA) is 98.5 Å². The molecular formula is C20H21N5O2. The van der Waals surface area contributed by atoms with E-state index in [2.05, 4.69) is 16.2 Å². The average Bonchev–Trinajstić information content (AvgIpc) is 3.25. The lowest BCUT2D eigenvalue weighted by atomic mass is 9.87. The predicted molar refractivity (Wildman–Crippen MR) is 99.4 cm³/mol. The van der Waals surface area contributed by atoms with Crippen LogP contribution < -0.4 is 5.73 Å². The molecule has 4 rings (SSSR count). The van der Waals surface area contributed by atoms with Crippen LogP contribution in [0, 0.1) is 17.2 Å². The number of benzene rings is 1. The van der Waals surface area contributed by atoms with E-state index >= 15 is 0 Å². The zero-order chi connectivity index (χ0) is 18.9. The number of nitrogens with zero attached hydrogens (tertiary/aromatic N) is 4. The summed E-state index contributed by atoms with van der Waals surface area (Å²) < 4.78 is 13.7. The number of fused-ring (bicyclic) bond motifs is 1. The van der Waals surface area contributed by atoms with Crippen LogP contribution in [0.5, 0.6) is 0 Å². The smallest absolute Gasteiger partial charge is 0.199 e. The first-order chi connectivity index (χ1) is 13.1. The molecule has 1 aliphatic rings. The molecule has 7 heteroatoms. The Morgan fingerprint density at radius 3 is 2.93 bits per heavy atom. The zero-order valence-corrected chi connectivity index (χ0v) is 15.1. The second kappa shape index (κ2) is 6.99. The minimum atomic E-state index is -1.09. The van der Waals surface area contributed by atoms with Gasteiger partial charge in [-0.05, 0) is 24.1 Å². The number of hydrogen-bond donors (Lipinski definition) is 1. The van der Waals surface area contributed by atoms with Crippen molar-refractivity contribution in [2.75, 3.05) is 12.3 Å². The summed E-state index contributed by atoms with van der Waals surface area (Å²) in [5, 5.41) is 14.3. The lowest BCUT2D eigenvalue weighted by Crippen LogP contribution is -2.32. The summed E-state index contributed by atoms with van der Waals surface area (Å²) in [4.78, 5) is 4.00. The third-order valence-electron chi connectivity index (χ3n) is 5.11. The van der Waals surface area contributed by atoms with Gasteiger partial charge in [0, 0.05) is 5.92 Å². The first kappa shape index (κ1) is 17.5. The number of hydrogen-bond acceptors (Lipinski definition) is 6. The van der Waals surface area contributed by atoms with Gasteiger partial charge in [-0.15, -0.1) is 0 Å². The molecule has 3 atom stereocenters. The van der Waals surface area contributed by atoms with Crippen molar-refractivity contribution >= 4 is 11.3 Å². The highest BCUT2D eigenvalue weighted by Crippen LogP contribution is 2.44. The van der Waals surface area contributed by atoms with Gasteiger partial charge in [-0.1, -0.05) is 37.3 Å². The van der Waals surface area contributed by atoms with Gasteiger partial charge in [0.1, 0.15) is 17.9 Å². The molecule has 27 heavy (non-hydrogen) atoms. The Morgan fingerprint density at radius 2 is 2.15 bits per heavy atom. The third-order valence-corrected chi connectivity index (χ3v) is 5.11. The fraction of sp³-hybridized carbons (Fsp3) is 0.350. The number of nitrogen functional groups attached to an aromatic ring is 1. The van der Waals surface area contributed by atoms with Crippen LogP contribution in [-0.2, 0) is 21.7 Å². The Morgan fingerprint density at radius 1 is 1.33 bits per heavy atom. The van der Waals surface area contributed by atoms with Crippen LogP contribution >= 0.6 is 0 Å². The monoisotopic (exact) mass is 363 g/mol. The first-order valence-corrected chi connectivity index (χ1v) is 8.93. The standard InChI is InChI=1S/C20H21N5O2/c1-14-9-16(11-26-10-15-5-3-2-4-6-15)27-20(14,12-21)18-8-7-17-19(22)23-13-24-25(17)18/h2-8,13-14,16H,9-11H2,1H3,(H2,22,23,24). The van der Waals surface area contributed by atoms with E-state index in [9.17, 15) is 5.26 Å². The van der Waals surface area contributed by atoms with Gasteiger partial charge in [0.2, 0.25) is 0 Å². The number of nitrogens with two attached hydrogens (primary N) is 1. The summed E-state index contributed by atoms with van der Waals surface area (Å²) in [6, 6.07) is 16.0. The summed E-state index contributed by atoms with van der Waals surface area (Å²) in [5.74, 6) is 0.361. The number of rotatable bonds is 5. The maximum atomic E-state index is 10.0. The van der Waals surface area contributed by atoms with Gasteiger partial charge in [-0.25, -0.2) is 9.50 Å². The van der Waals surface area contributed by atoms with Crippen molar-refractivity contribution in [1.29, 1.82) is 5.26 Å². The van der Waals surface area contributed by atoms with E-state index in [1.165, 1.54) is 6.33 Å². The molecule has 3 heterocycles. The van der Waals surface area contributed by atoms with Crippen LogP contribution in [-0.4, -0.2) is 27.3 Å². The number of ether oxygens (including phenoxy) is 2. The fourth-order valence-corrected chi connectivity index (χ4v) is 3.71. The summed E-state index contributed by atoms with van der Waals surface area (Å²) in [6.07, 6.45) is 1.96. The van der Waals surface area contributed by atoms with Crippen molar-refractivity contribution in [3.05, 3.63) is 60.0 Å². The highest BCUT2D eigenvalue weighted by atomic mass is 16.6. The van der Waals surface area contributed by atoms with Crippen LogP contribution in [0.2, 0.25) is 0 Å². The Hall–Kier alpha value is -2.95. The molecule has 3 unspecified atom stereocenters. The lowest BCUT2D eigenvalue weighted by molar-refractivity contribution is -0.0600. The average molecular weight is 363 g/mol. The third kappa shape index (κ3) is 3.03. The van der Waals surface area contributed by atoms with Crippen LogP contribution in [0.3, 0.4) is 0 Å². The van der Waals surface area contributed by atoms with Crippen molar-refractivity contribution in [3.8, 4) is 6.07 Å². The van der Waals surface area contributed by atoms with Crippen LogP contribution in [0.1, 0.15) is 24.6 Å². The Balaban J connectivity index is 1.53. The minimum Gasteiger partial charge on any atom is -0.382 e. The Labute approximate surface area is 157 Å². The maximum absolute atomic E-state index is 10.0. The van der Waals surface area contributed by atoms with Crippen molar-refractivity contribution in [1.82, 2.24) is 14.6 Å². The quantitative estimate of drug-likeness (QED) is 0.748. The van der Waals surface area contributed by atoms with Gasteiger partial charge in [0.25, 0.3) is 0 Å². The van der Waals surface area contributed by atoms with Gasteiger partial charge < -0.3 is 15.2 Å². The highest BCUT2D eigenvalue weighted by molar-refractivity contribution is 5.66. The lowest BCUT2D eigenvalue weighted by Gasteiger charge is -2.25. The van der Waals surface area contributed by atoms with Gasteiger partial charge in [-0.2, -0.15) is 10.4 Å². The summed E-state index contributed by atoms with van der Waals surface area (Å²) in [5.41, 5.74) is 7.28. The van der Waals surface area contributed by atoms with Crippen LogP contribution in [0.4, 0.5) is 5.82 Å². The van der Waals surface area contributed by atoms with E-state index in [1.54, 1.807) is 4.52 Å². The molecule has 1 aromatic carbocycles. The molecule has 1 fully saturated rings. The molecular weight excluding hydrogens is 342 g/mol. The van der Waals surface area contributed by atoms with Crippen molar-refractivity contribution < 1.29 is 9.47 Å².